The minimum Gasteiger partial charge on any atom is -0.462 e. The van der Waals surface area contributed by atoms with Gasteiger partial charge in [-0.3, -0.25) is 9.59 Å². The molecule has 0 atom stereocenters. The summed E-state index contributed by atoms with van der Waals surface area (Å²) in [6.07, 6.45) is 7.79. The second-order valence-corrected chi connectivity index (χ2v) is 8.03. The van der Waals surface area contributed by atoms with Gasteiger partial charge >= 0.3 is 5.97 Å². The van der Waals surface area contributed by atoms with Crippen LogP contribution in [0.4, 0.5) is 0 Å². The number of fused-ring (bicyclic) bond motifs is 1. The molecule has 1 saturated carbocycles. The summed E-state index contributed by atoms with van der Waals surface area (Å²) in [4.78, 5) is 28.5. The summed E-state index contributed by atoms with van der Waals surface area (Å²) in [6.45, 7) is 0. The van der Waals surface area contributed by atoms with E-state index in [4.69, 9.17) is 4.74 Å². The number of ketones is 1. The highest BCUT2D eigenvalue weighted by atomic mass is 32.1. The molecule has 0 spiro atoms. The molecule has 2 heterocycles. The third-order valence-corrected chi connectivity index (χ3v) is 6.15. The van der Waals surface area contributed by atoms with Gasteiger partial charge in [0.15, 0.2) is 5.78 Å². The number of carbonyl (C=O) groups excluding carboxylic acids is 2. The fourth-order valence-electron chi connectivity index (χ4n) is 3.70. The van der Waals surface area contributed by atoms with Gasteiger partial charge in [-0.05, 0) is 48.8 Å². The number of H-pyrrole nitrogens is 1. The number of thiophene rings is 1. The fraction of sp³-hybridized carbons (Fsp3) is 0.364. The maximum absolute atomic E-state index is 12.5. The van der Waals surface area contributed by atoms with Gasteiger partial charge < -0.3 is 9.72 Å². The highest BCUT2D eigenvalue weighted by Gasteiger charge is 2.19. The Bertz CT molecular complexity index is 949. The first-order valence-corrected chi connectivity index (χ1v) is 10.5. The SMILES string of the molecule is O=C(CCC(=O)c1cc(-c2c[nH]c3ccccc23)cs1)OC1CCCCC1. The van der Waals surface area contributed by atoms with Crippen molar-refractivity contribution in [3.63, 3.8) is 0 Å². The van der Waals surface area contributed by atoms with Gasteiger partial charge in [0.2, 0.25) is 0 Å². The van der Waals surface area contributed by atoms with Crippen LogP contribution >= 0.6 is 11.3 Å². The number of para-hydroxylation sites is 1. The normalized spacial score (nSPS) is 15.1. The molecule has 1 aliphatic carbocycles. The molecule has 0 radical (unpaired) electrons. The topological polar surface area (TPSA) is 59.2 Å². The zero-order chi connectivity index (χ0) is 18.6. The molecular formula is C22H23NO3S. The summed E-state index contributed by atoms with van der Waals surface area (Å²) in [5.41, 5.74) is 3.21. The van der Waals surface area contributed by atoms with Crippen LogP contribution in [0.15, 0.2) is 41.9 Å². The van der Waals surface area contributed by atoms with Crippen LogP contribution in [0.2, 0.25) is 0 Å². The van der Waals surface area contributed by atoms with E-state index in [0.29, 0.717) is 4.88 Å². The van der Waals surface area contributed by atoms with Crippen LogP contribution < -0.4 is 0 Å². The van der Waals surface area contributed by atoms with Crippen LogP contribution in [0.5, 0.6) is 0 Å². The molecule has 5 heteroatoms. The standard InChI is InChI=1S/C22H23NO3S/c24-20(10-11-22(25)26-16-6-2-1-3-7-16)21-12-15(14-27-21)18-13-23-19-9-5-4-8-17(18)19/h4-5,8-9,12-14,16,23H,1-3,6-7,10-11H2. The maximum atomic E-state index is 12.5. The van der Waals surface area contributed by atoms with E-state index < -0.39 is 0 Å². The van der Waals surface area contributed by atoms with Crippen LogP contribution in [-0.2, 0) is 9.53 Å². The number of hydrogen-bond acceptors (Lipinski definition) is 4. The molecule has 0 saturated heterocycles. The monoisotopic (exact) mass is 381 g/mol. The Hall–Kier alpha value is -2.40. The number of rotatable bonds is 6. The van der Waals surface area contributed by atoms with Gasteiger partial charge in [-0.25, -0.2) is 0 Å². The first-order valence-electron chi connectivity index (χ1n) is 9.58. The highest BCUT2D eigenvalue weighted by Crippen LogP contribution is 2.32. The minimum absolute atomic E-state index is 0.00619. The molecule has 3 aromatic rings. The lowest BCUT2D eigenvalue weighted by Gasteiger charge is -2.21. The van der Waals surface area contributed by atoms with Crippen LogP contribution in [0.3, 0.4) is 0 Å². The van der Waals surface area contributed by atoms with E-state index >= 15 is 0 Å². The summed E-state index contributed by atoms with van der Waals surface area (Å²) in [7, 11) is 0. The van der Waals surface area contributed by atoms with Crippen molar-refractivity contribution in [3.05, 3.63) is 46.8 Å². The number of aromatic amines is 1. The largest absolute Gasteiger partial charge is 0.462 e. The number of benzene rings is 1. The van der Waals surface area contributed by atoms with Gasteiger partial charge in [-0.1, -0.05) is 24.6 Å². The van der Waals surface area contributed by atoms with E-state index in [0.717, 1.165) is 47.7 Å². The average Bonchev–Trinajstić information content (AvgIpc) is 3.34. The Balaban J connectivity index is 1.36. The molecule has 4 rings (SSSR count). The number of esters is 1. The molecule has 4 nitrogen and oxygen atoms in total. The second kappa shape index (κ2) is 8.09. The number of ether oxygens (including phenoxy) is 1. The Morgan fingerprint density at radius 2 is 1.93 bits per heavy atom. The first-order chi connectivity index (χ1) is 13.2. The van der Waals surface area contributed by atoms with E-state index in [-0.39, 0.29) is 30.7 Å². The van der Waals surface area contributed by atoms with Gasteiger partial charge in [0.1, 0.15) is 6.10 Å². The molecule has 1 fully saturated rings. The summed E-state index contributed by atoms with van der Waals surface area (Å²) in [5, 5.41) is 3.15. The molecule has 1 aliphatic rings. The van der Waals surface area contributed by atoms with E-state index in [1.807, 2.05) is 35.8 Å². The van der Waals surface area contributed by atoms with Crippen molar-refractivity contribution in [2.45, 2.75) is 51.0 Å². The fourth-order valence-corrected chi connectivity index (χ4v) is 4.58. The van der Waals surface area contributed by atoms with Crippen LogP contribution in [0.1, 0.15) is 54.6 Å². The number of nitrogens with one attached hydrogen (secondary N) is 1. The molecule has 0 aliphatic heterocycles. The zero-order valence-electron chi connectivity index (χ0n) is 15.2. The molecule has 0 unspecified atom stereocenters. The number of hydrogen-bond donors (Lipinski definition) is 1. The van der Waals surface area contributed by atoms with E-state index in [9.17, 15) is 9.59 Å². The van der Waals surface area contributed by atoms with E-state index in [1.165, 1.54) is 17.8 Å². The quantitative estimate of drug-likeness (QED) is 0.438. The molecule has 1 aromatic carbocycles. The molecule has 27 heavy (non-hydrogen) atoms. The van der Waals surface area contributed by atoms with Crippen molar-refractivity contribution in [1.82, 2.24) is 4.98 Å². The molecule has 140 valence electrons. The van der Waals surface area contributed by atoms with Crippen molar-refractivity contribution >= 4 is 34.0 Å². The number of Topliss-reactive ketones (excluding diaryl/α,β-unsaturated/α-hetero) is 1. The van der Waals surface area contributed by atoms with Crippen molar-refractivity contribution in [2.75, 3.05) is 0 Å². The average molecular weight is 381 g/mol. The van der Waals surface area contributed by atoms with Crippen LogP contribution in [0.25, 0.3) is 22.0 Å². The Morgan fingerprint density at radius 3 is 2.78 bits per heavy atom. The predicted molar refractivity (Wildman–Crippen MR) is 108 cm³/mol. The van der Waals surface area contributed by atoms with Gasteiger partial charge in [-0.2, -0.15) is 0 Å². The molecule has 1 N–H and O–H groups in total. The van der Waals surface area contributed by atoms with Crippen LogP contribution in [-0.4, -0.2) is 22.8 Å². The Kier molecular flexibility index (Phi) is 5.39. The number of aromatic nitrogens is 1. The molecular weight excluding hydrogens is 358 g/mol. The smallest absolute Gasteiger partial charge is 0.306 e. The van der Waals surface area contributed by atoms with Crippen molar-refractivity contribution < 1.29 is 14.3 Å². The third kappa shape index (κ3) is 4.14. The maximum Gasteiger partial charge on any atom is 0.306 e. The summed E-state index contributed by atoms with van der Waals surface area (Å²) in [6, 6.07) is 10.0. The van der Waals surface area contributed by atoms with Crippen molar-refractivity contribution in [1.29, 1.82) is 0 Å². The summed E-state index contributed by atoms with van der Waals surface area (Å²) in [5.74, 6) is -0.240. The molecule has 0 bridgehead atoms. The van der Waals surface area contributed by atoms with Gasteiger partial charge in [-0.15, -0.1) is 11.3 Å². The first kappa shape index (κ1) is 18.0. The third-order valence-electron chi connectivity index (χ3n) is 5.18. The van der Waals surface area contributed by atoms with Crippen molar-refractivity contribution in [2.24, 2.45) is 0 Å². The molecule has 2 aromatic heterocycles. The summed E-state index contributed by atoms with van der Waals surface area (Å²) < 4.78 is 5.50. The van der Waals surface area contributed by atoms with Crippen LogP contribution in [0, 0.1) is 0 Å². The highest BCUT2D eigenvalue weighted by molar-refractivity contribution is 7.12. The number of carbonyl (C=O) groups is 2. The minimum atomic E-state index is -0.247. The summed E-state index contributed by atoms with van der Waals surface area (Å²) >= 11 is 1.44. The lowest BCUT2D eigenvalue weighted by molar-refractivity contribution is -0.150. The zero-order valence-corrected chi connectivity index (χ0v) is 16.0. The lowest BCUT2D eigenvalue weighted by atomic mass is 9.98. The second-order valence-electron chi connectivity index (χ2n) is 7.12. The predicted octanol–water partition coefficient (Wildman–Crippen LogP) is 5.74. The van der Waals surface area contributed by atoms with Gasteiger partial charge in [0, 0.05) is 29.1 Å². The Morgan fingerprint density at radius 1 is 1.11 bits per heavy atom. The van der Waals surface area contributed by atoms with Gasteiger partial charge in [0.05, 0.1) is 11.3 Å². The lowest BCUT2D eigenvalue weighted by Crippen LogP contribution is -2.21. The van der Waals surface area contributed by atoms with Gasteiger partial charge in [0.25, 0.3) is 0 Å². The Labute approximate surface area is 162 Å². The van der Waals surface area contributed by atoms with E-state index in [1.54, 1.807) is 0 Å². The molecule has 0 amide bonds. The van der Waals surface area contributed by atoms with Crippen molar-refractivity contribution in [3.8, 4) is 11.1 Å². The van der Waals surface area contributed by atoms with E-state index in [2.05, 4.69) is 11.1 Å².